The summed E-state index contributed by atoms with van der Waals surface area (Å²) < 4.78 is 124. The molecule has 236 valence electrons. The van der Waals surface area contributed by atoms with Crippen molar-refractivity contribution >= 4 is 28.3 Å². The first-order valence-corrected chi connectivity index (χ1v) is 13.0. The highest BCUT2D eigenvalue weighted by Crippen LogP contribution is 2.51. The Balaban J connectivity index is 1.76. The Bertz CT molecular complexity index is 1600. The third kappa shape index (κ3) is 6.31. The molecule has 3 aromatic rings. The van der Waals surface area contributed by atoms with E-state index in [1.54, 1.807) is 13.8 Å². The highest BCUT2D eigenvalue weighted by molar-refractivity contribution is 6.16. The molecule has 0 radical (unpaired) electrons. The SMILES string of the molecule is CC(C)NC(=O)C(C)NC(=O)c1ccc(C2=NOC(c3cc(C(F)(F)F)cc(C(F)(F)F)c3)(C(F)(F)F)C2)c2ccccc12. The van der Waals surface area contributed by atoms with E-state index in [4.69, 9.17) is 4.84 Å². The number of nitrogens with one attached hydrogen (secondary N) is 2. The maximum atomic E-state index is 14.6. The van der Waals surface area contributed by atoms with Gasteiger partial charge in [-0.05, 0) is 55.8 Å². The Morgan fingerprint density at radius 1 is 0.818 bits per heavy atom. The van der Waals surface area contributed by atoms with Crippen LogP contribution in [0.3, 0.4) is 0 Å². The van der Waals surface area contributed by atoms with Gasteiger partial charge in [0, 0.05) is 29.2 Å². The molecule has 1 heterocycles. The van der Waals surface area contributed by atoms with Gasteiger partial charge in [-0.3, -0.25) is 9.59 Å². The number of nitrogens with zero attached hydrogens (tertiary/aromatic N) is 1. The number of fused-ring (bicyclic) bond motifs is 1. The molecule has 0 saturated carbocycles. The fourth-order valence-electron chi connectivity index (χ4n) is 4.73. The molecule has 2 unspecified atom stereocenters. The molecule has 0 bridgehead atoms. The van der Waals surface area contributed by atoms with Gasteiger partial charge < -0.3 is 15.5 Å². The lowest BCUT2D eigenvalue weighted by Gasteiger charge is -2.30. The van der Waals surface area contributed by atoms with Crippen molar-refractivity contribution in [1.82, 2.24) is 10.6 Å². The minimum Gasteiger partial charge on any atom is -0.374 e. The van der Waals surface area contributed by atoms with E-state index >= 15 is 0 Å². The molecule has 0 fully saturated rings. The van der Waals surface area contributed by atoms with Gasteiger partial charge in [0.15, 0.2) is 0 Å². The molecule has 2 amide bonds. The van der Waals surface area contributed by atoms with E-state index in [0.29, 0.717) is 0 Å². The predicted molar refractivity (Wildman–Crippen MR) is 141 cm³/mol. The molecule has 44 heavy (non-hydrogen) atoms. The molecule has 0 aromatic heterocycles. The number of hydrogen-bond donors (Lipinski definition) is 2. The van der Waals surface area contributed by atoms with Gasteiger partial charge in [-0.2, -0.15) is 39.5 Å². The number of carbonyl (C=O) groups excluding carboxylic acids is 2. The van der Waals surface area contributed by atoms with Crippen LogP contribution in [-0.2, 0) is 27.6 Å². The van der Waals surface area contributed by atoms with E-state index in [0.717, 1.165) is 0 Å². The normalized spacial score (nSPS) is 18.2. The van der Waals surface area contributed by atoms with Crippen LogP contribution >= 0.6 is 0 Å². The van der Waals surface area contributed by atoms with Gasteiger partial charge in [0.1, 0.15) is 6.04 Å². The number of alkyl halides is 9. The second-order valence-corrected chi connectivity index (χ2v) is 10.5. The molecule has 15 heteroatoms. The van der Waals surface area contributed by atoms with Crippen molar-refractivity contribution in [1.29, 1.82) is 0 Å². The van der Waals surface area contributed by atoms with Crippen LogP contribution in [0.15, 0.2) is 59.8 Å². The zero-order valence-electron chi connectivity index (χ0n) is 23.1. The number of carbonyl (C=O) groups is 2. The molecule has 1 aliphatic rings. The second kappa shape index (κ2) is 11.3. The average molecular weight is 634 g/mol. The van der Waals surface area contributed by atoms with E-state index < -0.39 is 70.8 Å². The number of amides is 2. The average Bonchev–Trinajstić information content (AvgIpc) is 3.38. The van der Waals surface area contributed by atoms with Crippen LogP contribution in [-0.4, -0.2) is 35.8 Å². The summed E-state index contributed by atoms with van der Waals surface area (Å²) in [5, 5.41) is 9.08. The molecule has 2 atom stereocenters. The molecule has 0 saturated heterocycles. The predicted octanol–water partition coefficient (Wildman–Crippen LogP) is 7.10. The van der Waals surface area contributed by atoms with E-state index in [9.17, 15) is 49.1 Å². The monoisotopic (exact) mass is 633 g/mol. The first-order chi connectivity index (χ1) is 20.2. The quantitative estimate of drug-likeness (QED) is 0.284. The standard InChI is InChI=1S/C29H24F9N3O3/c1-14(2)39-24(42)15(3)40-25(43)22-9-8-21(19-6-4-5-7-20(19)22)23-13-26(44-41-23,29(36,37)38)16-10-17(27(30,31)32)12-18(11-16)28(33,34)35/h4-12,14-15H,13H2,1-3H3,(H,39,42)(H,40,43). The Kier molecular flexibility index (Phi) is 8.39. The highest BCUT2D eigenvalue weighted by atomic mass is 19.4. The summed E-state index contributed by atoms with van der Waals surface area (Å²) in [5.74, 6) is -1.14. The zero-order chi connectivity index (χ0) is 32.8. The maximum Gasteiger partial charge on any atom is 0.435 e. The van der Waals surface area contributed by atoms with Crippen LogP contribution in [0.1, 0.15) is 59.8 Å². The Morgan fingerprint density at radius 3 is 1.91 bits per heavy atom. The molecule has 2 N–H and O–H groups in total. The molecule has 0 aliphatic carbocycles. The summed E-state index contributed by atoms with van der Waals surface area (Å²) in [6, 6.07) is 6.94. The number of rotatable bonds is 6. The van der Waals surface area contributed by atoms with Crippen molar-refractivity contribution in [3.8, 4) is 0 Å². The Morgan fingerprint density at radius 2 is 1.39 bits per heavy atom. The molecule has 6 nitrogen and oxygen atoms in total. The second-order valence-electron chi connectivity index (χ2n) is 10.5. The third-order valence-corrected chi connectivity index (χ3v) is 6.89. The lowest BCUT2D eigenvalue weighted by Crippen LogP contribution is -2.46. The van der Waals surface area contributed by atoms with Gasteiger partial charge in [0.05, 0.1) is 16.8 Å². The van der Waals surface area contributed by atoms with Crippen molar-refractivity contribution in [3.63, 3.8) is 0 Å². The van der Waals surface area contributed by atoms with Crippen molar-refractivity contribution in [3.05, 3.63) is 82.4 Å². The van der Waals surface area contributed by atoms with Gasteiger partial charge in [0.25, 0.3) is 11.5 Å². The zero-order valence-corrected chi connectivity index (χ0v) is 23.1. The van der Waals surface area contributed by atoms with Gasteiger partial charge >= 0.3 is 18.5 Å². The van der Waals surface area contributed by atoms with Crippen LogP contribution in [0, 0.1) is 0 Å². The Hall–Kier alpha value is -4.30. The van der Waals surface area contributed by atoms with Crippen LogP contribution in [0.25, 0.3) is 10.8 Å². The fraction of sp³-hybridized carbons (Fsp3) is 0.345. The minimum atomic E-state index is -5.51. The molecular formula is C29H24F9N3O3. The molecule has 1 aliphatic heterocycles. The number of oxime groups is 1. The van der Waals surface area contributed by atoms with Crippen LogP contribution < -0.4 is 10.6 Å². The molecule has 3 aromatic carbocycles. The summed E-state index contributed by atoms with van der Waals surface area (Å²) in [6.07, 6.45) is -17.6. The Labute approximate surface area is 244 Å². The highest BCUT2D eigenvalue weighted by Gasteiger charge is 2.63. The summed E-state index contributed by atoms with van der Waals surface area (Å²) in [5.41, 5.74) is -9.39. The maximum absolute atomic E-state index is 14.6. The number of halogens is 9. The van der Waals surface area contributed by atoms with E-state index in [1.165, 1.54) is 43.3 Å². The van der Waals surface area contributed by atoms with Gasteiger partial charge in [0.2, 0.25) is 5.91 Å². The smallest absolute Gasteiger partial charge is 0.374 e. The summed E-state index contributed by atoms with van der Waals surface area (Å²) >= 11 is 0. The number of hydrogen-bond acceptors (Lipinski definition) is 4. The van der Waals surface area contributed by atoms with Gasteiger partial charge in [-0.25, -0.2) is 0 Å². The van der Waals surface area contributed by atoms with Crippen molar-refractivity contribution in [2.45, 2.75) is 63.4 Å². The largest absolute Gasteiger partial charge is 0.435 e. The topological polar surface area (TPSA) is 79.8 Å². The number of benzene rings is 3. The lowest BCUT2D eigenvalue weighted by atomic mass is 9.83. The summed E-state index contributed by atoms with van der Waals surface area (Å²) in [4.78, 5) is 30.0. The lowest BCUT2D eigenvalue weighted by molar-refractivity contribution is -0.276. The van der Waals surface area contributed by atoms with Crippen molar-refractivity contribution < 1.29 is 53.9 Å². The fourth-order valence-corrected chi connectivity index (χ4v) is 4.73. The van der Waals surface area contributed by atoms with Crippen molar-refractivity contribution in [2.75, 3.05) is 0 Å². The summed E-state index contributed by atoms with van der Waals surface area (Å²) in [6.45, 7) is 4.90. The van der Waals surface area contributed by atoms with E-state index in [2.05, 4.69) is 15.8 Å². The first kappa shape index (κ1) is 32.6. The summed E-state index contributed by atoms with van der Waals surface area (Å²) in [7, 11) is 0. The molecular weight excluding hydrogens is 609 g/mol. The molecule has 4 rings (SSSR count). The molecule has 0 spiro atoms. The third-order valence-electron chi connectivity index (χ3n) is 6.89. The van der Waals surface area contributed by atoms with Crippen LogP contribution in [0.4, 0.5) is 39.5 Å². The first-order valence-electron chi connectivity index (χ1n) is 13.0. The van der Waals surface area contributed by atoms with Crippen LogP contribution in [0.5, 0.6) is 0 Å². The minimum absolute atomic E-state index is 0.00287. The van der Waals surface area contributed by atoms with E-state index in [1.807, 2.05) is 0 Å². The van der Waals surface area contributed by atoms with Crippen molar-refractivity contribution in [2.24, 2.45) is 5.16 Å². The van der Waals surface area contributed by atoms with Gasteiger partial charge in [-0.15, -0.1) is 0 Å². The van der Waals surface area contributed by atoms with Gasteiger partial charge in [-0.1, -0.05) is 35.5 Å². The van der Waals surface area contributed by atoms with Crippen LogP contribution in [0.2, 0.25) is 0 Å². The van der Waals surface area contributed by atoms with E-state index in [-0.39, 0.29) is 46.1 Å².